The zero-order chi connectivity index (χ0) is 13.9. The first-order valence-electron chi connectivity index (χ1n) is 5.50. The molecule has 0 saturated carbocycles. The minimum Gasteiger partial charge on any atom is -0.478 e. The molecule has 0 aliphatic rings. The largest absolute Gasteiger partial charge is 0.478 e. The molecular weight excluding hydrogens is 247 g/mol. The summed E-state index contributed by atoms with van der Waals surface area (Å²) in [4.78, 5) is 12.5. The van der Waals surface area contributed by atoms with Gasteiger partial charge < -0.3 is 10.0 Å². The van der Waals surface area contributed by atoms with E-state index in [1.54, 1.807) is 4.90 Å². The number of nitrogens with zero attached hydrogens (tertiary/aromatic N) is 1. The molecule has 0 radical (unpaired) electrons. The van der Waals surface area contributed by atoms with E-state index in [2.05, 4.69) is 0 Å². The predicted octanol–water partition coefficient (Wildman–Crippen LogP) is 3.25. The summed E-state index contributed by atoms with van der Waals surface area (Å²) in [6.45, 7) is 4.75. The third-order valence-corrected chi connectivity index (χ3v) is 2.67. The lowest BCUT2D eigenvalue weighted by atomic mass is 10.1. The van der Waals surface area contributed by atoms with Crippen molar-refractivity contribution in [2.24, 2.45) is 0 Å². The fourth-order valence-corrected chi connectivity index (χ4v) is 1.74. The van der Waals surface area contributed by atoms with E-state index >= 15 is 0 Å². The van der Waals surface area contributed by atoms with Gasteiger partial charge in [-0.25, -0.2) is 4.79 Å². The van der Waals surface area contributed by atoms with Crippen LogP contribution < -0.4 is 4.90 Å². The number of anilines is 1. The highest BCUT2D eigenvalue weighted by molar-refractivity contribution is 5.90. The zero-order valence-electron chi connectivity index (χ0n) is 10.1. The molecule has 3 nitrogen and oxygen atoms in total. The smallest absolute Gasteiger partial charge is 0.417 e. The van der Waals surface area contributed by atoms with Crippen LogP contribution in [0, 0.1) is 0 Å². The molecule has 0 aliphatic heterocycles. The second-order valence-electron chi connectivity index (χ2n) is 3.71. The third kappa shape index (κ3) is 2.94. The maximum Gasteiger partial charge on any atom is 0.417 e. The van der Waals surface area contributed by atoms with Crippen LogP contribution in [-0.2, 0) is 6.18 Å². The Labute approximate surface area is 103 Å². The summed E-state index contributed by atoms with van der Waals surface area (Å²) in [6, 6.07) is 3.28. The van der Waals surface area contributed by atoms with Crippen molar-refractivity contribution >= 4 is 11.7 Å². The first-order valence-corrected chi connectivity index (χ1v) is 5.50. The minimum absolute atomic E-state index is 0.373. The van der Waals surface area contributed by atoms with Gasteiger partial charge in [-0.05, 0) is 32.0 Å². The zero-order valence-corrected chi connectivity index (χ0v) is 10.1. The molecule has 0 fully saturated rings. The Bertz CT molecular complexity index is 439. The number of carboxylic acid groups (broad SMARTS) is 1. The topological polar surface area (TPSA) is 40.5 Å². The average molecular weight is 261 g/mol. The predicted molar refractivity (Wildman–Crippen MR) is 62.0 cm³/mol. The monoisotopic (exact) mass is 261 g/mol. The molecule has 0 atom stereocenters. The Morgan fingerprint density at radius 1 is 1.28 bits per heavy atom. The highest BCUT2D eigenvalue weighted by atomic mass is 19.4. The standard InChI is InChI=1S/C12H14F3NO2/c1-3-16(4-2)8-5-6-9(11(17)18)10(7-8)12(13,14)15/h5-7H,3-4H2,1-2H3,(H,17,18). The van der Waals surface area contributed by atoms with Crippen molar-refractivity contribution < 1.29 is 23.1 Å². The highest BCUT2D eigenvalue weighted by Gasteiger charge is 2.35. The van der Waals surface area contributed by atoms with Gasteiger partial charge in [-0.15, -0.1) is 0 Å². The number of hydrogen-bond acceptors (Lipinski definition) is 2. The van der Waals surface area contributed by atoms with Crippen LogP contribution in [-0.4, -0.2) is 24.2 Å². The van der Waals surface area contributed by atoms with Crippen molar-refractivity contribution in [3.63, 3.8) is 0 Å². The maximum absolute atomic E-state index is 12.8. The average Bonchev–Trinajstić information content (AvgIpc) is 2.29. The first kappa shape index (κ1) is 14.3. The minimum atomic E-state index is -4.67. The molecule has 6 heteroatoms. The van der Waals surface area contributed by atoms with Gasteiger partial charge in [0.1, 0.15) is 0 Å². The quantitative estimate of drug-likeness (QED) is 0.904. The molecule has 18 heavy (non-hydrogen) atoms. The Balaban J connectivity index is 3.34. The van der Waals surface area contributed by atoms with Crippen LogP contribution in [0.4, 0.5) is 18.9 Å². The molecule has 1 aromatic carbocycles. The van der Waals surface area contributed by atoms with Crippen molar-refractivity contribution in [2.75, 3.05) is 18.0 Å². The van der Waals surface area contributed by atoms with Crippen LogP contribution in [0.1, 0.15) is 29.8 Å². The molecule has 0 amide bonds. The summed E-state index contributed by atoms with van der Waals surface area (Å²) >= 11 is 0. The van der Waals surface area contributed by atoms with Crippen LogP contribution >= 0.6 is 0 Å². The number of alkyl halides is 3. The third-order valence-electron chi connectivity index (χ3n) is 2.67. The van der Waals surface area contributed by atoms with Gasteiger partial charge in [0, 0.05) is 18.8 Å². The number of hydrogen-bond donors (Lipinski definition) is 1. The van der Waals surface area contributed by atoms with Crippen LogP contribution in [0.25, 0.3) is 0 Å². The number of aromatic carboxylic acids is 1. The lowest BCUT2D eigenvalue weighted by Crippen LogP contribution is -2.23. The molecule has 1 N–H and O–H groups in total. The van der Waals surface area contributed by atoms with Crippen LogP contribution in [0.5, 0.6) is 0 Å². The van der Waals surface area contributed by atoms with Gasteiger partial charge in [0.15, 0.2) is 0 Å². The lowest BCUT2D eigenvalue weighted by molar-refractivity contribution is -0.138. The van der Waals surface area contributed by atoms with E-state index in [1.807, 2.05) is 13.8 Å². The number of carboxylic acids is 1. The Kier molecular flexibility index (Phi) is 4.21. The number of rotatable bonds is 4. The molecule has 0 heterocycles. The number of halogens is 3. The summed E-state index contributed by atoms with van der Waals surface area (Å²) in [6.07, 6.45) is -4.67. The molecule has 0 aliphatic carbocycles. The van der Waals surface area contributed by atoms with Gasteiger partial charge in [-0.3, -0.25) is 0 Å². The van der Waals surface area contributed by atoms with Crippen molar-refractivity contribution in [3.05, 3.63) is 29.3 Å². The maximum atomic E-state index is 12.8. The van der Waals surface area contributed by atoms with Gasteiger partial charge >= 0.3 is 12.1 Å². The van der Waals surface area contributed by atoms with Gasteiger partial charge in [0.2, 0.25) is 0 Å². The highest BCUT2D eigenvalue weighted by Crippen LogP contribution is 2.34. The van der Waals surface area contributed by atoms with E-state index in [-0.39, 0.29) is 0 Å². The van der Waals surface area contributed by atoms with Crippen LogP contribution in [0.3, 0.4) is 0 Å². The summed E-state index contributed by atoms with van der Waals surface area (Å²) < 4.78 is 38.3. The van der Waals surface area contributed by atoms with Gasteiger partial charge in [0.25, 0.3) is 0 Å². The van der Waals surface area contributed by atoms with E-state index in [9.17, 15) is 18.0 Å². The summed E-state index contributed by atoms with van der Waals surface area (Å²) in [5.74, 6) is -1.58. The van der Waals surface area contributed by atoms with Crippen molar-refractivity contribution in [1.82, 2.24) is 0 Å². The molecule has 0 unspecified atom stereocenters. The Morgan fingerprint density at radius 3 is 2.22 bits per heavy atom. The van der Waals surface area contributed by atoms with Crippen molar-refractivity contribution in [2.45, 2.75) is 20.0 Å². The van der Waals surface area contributed by atoms with E-state index in [0.29, 0.717) is 18.8 Å². The fraction of sp³-hybridized carbons (Fsp3) is 0.417. The van der Waals surface area contributed by atoms with Gasteiger partial charge in [-0.2, -0.15) is 13.2 Å². The molecule has 1 aromatic rings. The number of carbonyl (C=O) groups is 1. The van der Waals surface area contributed by atoms with E-state index in [4.69, 9.17) is 5.11 Å². The van der Waals surface area contributed by atoms with E-state index < -0.39 is 23.3 Å². The number of benzene rings is 1. The van der Waals surface area contributed by atoms with Crippen LogP contribution in [0.2, 0.25) is 0 Å². The van der Waals surface area contributed by atoms with Crippen molar-refractivity contribution in [1.29, 1.82) is 0 Å². The molecule has 100 valence electrons. The molecule has 0 bridgehead atoms. The summed E-state index contributed by atoms with van der Waals surface area (Å²) in [7, 11) is 0. The normalized spacial score (nSPS) is 11.4. The molecule has 1 rings (SSSR count). The van der Waals surface area contributed by atoms with Crippen molar-refractivity contribution in [3.8, 4) is 0 Å². The SMILES string of the molecule is CCN(CC)c1ccc(C(=O)O)c(C(F)(F)F)c1. The lowest BCUT2D eigenvalue weighted by Gasteiger charge is -2.22. The Morgan fingerprint density at radius 2 is 1.83 bits per heavy atom. The second kappa shape index (κ2) is 5.29. The Hall–Kier alpha value is -1.72. The summed E-state index contributed by atoms with van der Waals surface area (Å²) in [5.41, 5.74) is -1.46. The van der Waals surface area contributed by atoms with E-state index in [0.717, 1.165) is 12.1 Å². The molecule has 0 aromatic heterocycles. The molecule has 0 spiro atoms. The van der Waals surface area contributed by atoms with Gasteiger partial charge in [0.05, 0.1) is 11.1 Å². The summed E-state index contributed by atoms with van der Waals surface area (Å²) in [5, 5.41) is 8.76. The van der Waals surface area contributed by atoms with Crippen LogP contribution in [0.15, 0.2) is 18.2 Å². The van der Waals surface area contributed by atoms with Gasteiger partial charge in [-0.1, -0.05) is 0 Å². The fourth-order valence-electron chi connectivity index (χ4n) is 1.74. The molecule has 0 saturated heterocycles. The molecular formula is C12H14F3NO2. The van der Waals surface area contributed by atoms with E-state index in [1.165, 1.54) is 6.07 Å². The first-order chi connectivity index (χ1) is 8.31. The second-order valence-corrected chi connectivity index (χ2v) is 3.71.